The van der Waals surface area contributed by atoms with E-state index < -0.39 is 39.5 Å². The van der Waals surface area contributed by atoms with Crippen LogP contribution in [0.15, 0.2) is 33.9 Å². The van der Waals surface area contributed by atoms with Crippen LogP contribution in [0.3, 0.4) is 0 Å². The molecule has 3 nitrogen and oxygen atoms in total. The van der Waals surface area contributed by atoms with Crippen molar-refractivity contribution in [1.29, 1.82) is 0 Å². The summed E-state index contributed by atoms with van der Waals surface area (Å²) in [4.78, 5) is 25.1. The minimum Gasteiger partial charge on any atom is -0.274 e. The molecule has 1 aliphatic heterocycles. The van der Waals surface area contributed by atoms with Crippen molar-refractivity contribution in [1.82, 2.24) is 4.90 Å². The quantitative estimate of drug-likeness (QED) is 0.311. The third-order valence-electron chi connectivity index (χ3n) is 3.86. The third kappa shape index (κ3) is 4.11. The molecule has 0 aliphatic carbocycles. The lowest BCUT2D eigenvalue weighted by Crippen LogP contribution is -2.51. The summed E-state index contributed by atoms with van der Waals surface area (Å²) < 4.78 is 88.4. The van der Waals surface area contributed by atoms with Gasteiger partial charge in [0, 0.05) is 6.54 Å². The van der Waals surface area contributed by atoms with E-state index in [1.807, 2.05) is 0 Å². The Morgan fingerprint density at radius 2 is 1.37 bits per heavy atom. The zero-order valence-electron chi connectivity index (χ0n) is 13.3. The molecule has 0 saturated carbocycles. The number of fused-ring (bicyclic) bond motifs is 1. The Kier molecular flexibility index (Phi) is 5.93. The van der Waals surface area contributed by atoms with Gasteiger partial charge in [-0.1, -0.05) is 12.1 Å². The largest absolute Gasteiger partial charge is 0.435 e. The van der Waals surface area contributed by atoms with E-state index in [0.717, 1.165) is 4.90 Å². The van der Waals surface area contributed by atoms with Crippen molar-refractivity contribution in [3.05, 3.63) is 45.0 Å². The number of allylic oxidation sites excluding steroid dienone is 2. The van der Waals surface area contributed by atoms with Gasteiger partial charge in [-0.05, 0) is 57.2 Å². The summed E-state index contributed by atoms with van der Waals surface area (Å²) in [5.41, 5.74) is -5.12. The van der Waals surface area contributed by atoms with Gasteiger partial charge in [-0.3, -0.25) is 14.5 Å². The lowest BCUT2D eigenvalue weighted by atomic mass is 10.0. The van der Waals surface area contributed by atoms with Gasteiger partial charge < -0.3 is 0 Å². The maximum absolute atomic E-state index is 13.6. The average molecular weight is 509 g/mol. The van der Waals surface area contributed by atoms with E-state index in [-0.39, 0.29) is 30.5 Å². The summed E-state index contributed by atoms with van der Waals surface area (Å²) in [6.45, 7) is -0.218. The molecule has 2 rings (SSSR count). The number of hydrogen-bond acceptors (Lipinski definition) is 2. The Labute approximate surface area is 162 Å². The molecule has 0 N–H and O–H groups in total. The average Bonchev–Trinajstić information content (AvgIpc) is 2.78. The first kappa shape index (κ1) is 21.6. The number of benzene rings is 1. The molecule has 1 aromatic carbocycles. The number of alkyl halides is 7. The first-order chi connectivity index (χ1) is 12.3. The molecule has 2 amide bonds. The lowest BCUT2D eigenvalue weighted by molar-refractivity contribution is -0.322. The molecule has 0 saturated heterocycles. The summed E-state index contributed by atoms with van der Waals surface area (Å²) >= 11 is 1.18. The highest BCUT2D eigenvalue weighted by Gasteiger charge is 2.71. The number of halogens is 8. The number of hydrogen-bond donors (Lipinski definition) is 0. The molecule has 0 radical (unpaired) electrons. The van der Waals surface area contributed by atoms with E-state index in [1.54, 1.807) is 12.1 Å². The summed E-state index contributed by atoms with van der Waals surface area (Å²) in [7, 11) is 0. The molecule has 1 aliphatic rings. The van der Waals surface area contributed by atoms with Gasteiger partial charge >= 0.3 is 18.0 Å². The van der Waals surface area contributed by atoms with Crippen LogP contribution in [-0.4, -0.2) is 41.3 Å². The Bertz CT molecular complexity index is 737. The lowest BCUT2D eigenvalue weighted by Gasteiger charge is -2.27. The minimum absolute atomic E-state index is 0.119. The Morgan fingerprint density at radius 3 is 1.78 bits per heavy atom. The second-order valence-corrected chi connectivity index (χ2v) is 7.10. The van der Waals surface area contributed by atoms with Crippen molar-refractivity contribution in [3.8, 4) is 0 Å². The molecule has 1 heterocycles. The molecule has 0 bridgehead atoms. The molecular formula is C16H11F7INO2. The second-order valence-electron chi connectivity index (χ2n) is 5.71. The highest BCUT2D eigenvalue weighted by molar-refractivity contribution is 14.1. The third-order valence-corrected chi connectivity index (χ3v) is 4.71. The molecular weight excluding hydrogens is 498 g/mol. The molecule has 1 aromatic rings. The predicted molar refractivity (Wildman–Crippen MR) is 89.1 cm³/mol. The van der Waals surface area contributed by atoms with Crippen LogP contribution in [-0.2, 0) is 0 Å². The van der Waals surface area contributed by atoms with E-state index in [4.69, 9.17) is 0 Å². The van der Waals surface area contributed by atoms with Crippen LogP contribution in [0.5, 0.6) is 0 Å². The normalized spacial score (nSPS) is 16.1. The molecule has 148 valence electrons. The molecule has 11 heteroatoms. The van der Waals surface area contributed by atoms with Crippen molar-refractivity contribution in [2.24, 2.45) is 0 Å². The summed E-state index contributed by atoms with van der Waals surface area (Å²) in [6, 6.07) is 5.97. The van der Waals surface area contributed by atoms with Gasteiger partial charge in [0.05, 0.1) is 11.1 Å². The van der Waals surface area contributed by atoms with Gasteiger partial charge in [0.1, 0.15) is 0 Å². The van der Waals surface area contributed by atoms with Crippen LogP contribution in [0.1, 0.15) is 33.6 Å². The Balaban J connectivity index is 2.06. The Morgan fingerprint density at radius 1 is 0.926 bits per heavy atom. The van der Waals surface area contributed by atoms with Gasteiger partial charge in [-0.25, -0.2) is 4.39 Å². The van der Waals surface area contributed by atoms with Crippen molar-refractivity contribution in [2.75, 3.05) is 6.54 Å². The molecule has 0 aromatic heterocycles. The van der Waals surface area contributed by atoms with Crippen LogP contribution in [0.4, 0.5) is 30.7 Å². The second kappa shape index (κ2) is 7.40. The van der Waals surface area contributed by atoms with Crippen LogP contribution in [0.25, 0.3) is 0 Å². The molecule has 0 spiro atoms. The van der Waals surface area contributed by atoms with Crippen molar-refractivity contribution >= 4 is 34.4 Å². The van der Waals surface area contributed by atoms with Crippen LogP contribution in [0.2, 0.25) is 0 Å². The summed E-state index contributed by atoms with van der Waals surface area (Å²) in [6.07, 6.45) is -13.3. The number of nitrogens with zero attached hydrogens (tertiary/aromatic N) is 1. The topological polar surface area (TPSA) is 37.4 Å². The molecule has 0 unspecified atom stereocenters. The number of carbonyl (C=O) groups excluding carboxylic acids is 2. The van der Waals surface area contributed by atoms with Gasteiger partial charge in [-0.2, -0.15) is 26.3 Å². The zero-order valence-corrected chi connectivity index (χ0v) is 15.5. The number of imide groups is 1. The van der Waals surface area contributed by atoms with Crippen molar-refractivity contribution in [3.63, 3.8) is 0 Å². The Hall–Kier alpha value is -1.66. The first-order valence-corrected chi connectivity index (χ1v) is 8.52. The molecule has 0 fully saturated rings. The summed E-state index contributed by atoms with van der Waals surface area (Å²) in [5.74, 6) is -1.19. The number of rotatable bonds is 5. The van der Waals surface area contributed by atoms with E-state index in [9.17, 15) is 40.3 Å². The SMILES string of the molecule is O=C1c2ccccc2C(=O)N1CCCC(I)=CC(F)(C(F)(F)F)C(F)(F)F. The monoisotopic (exact) mass is 509 g/mol. The van der Waals surface area contributed by atoms with Gasteiger partial charge in [0.2, 0.25) is 0 Å². The minimum atomic E-state index is -6.16. The van der Waals surface area contributed by atoms with Crippen molar-refractivity contribution in [2.45, 2.75) is 30.9 Å². The van der Waals surface area contributed by atoms with Crippen LogP contribution >= 0.6 is 22.6 Å². The van der Waals surface area contributed by atoms with E-state index >= 15 is 0 Å². The fraction of sp³-hybridized carbons (Fsp3) is 0.375. The van der Waals surface area contributed by atoms with Crippen LogP contribution < -0.4 is 0 Å². The number of amides is 2. The smallest absolute Gasteiger partial charge is 0.274 e. The standard InChI is InChI=1S/C16H11F7INO2/c17-14(15(18,19)20,16(21,22)23)8-9(24)4-3-7-25-12(26)10-5-1-2-6-11(10)13(25)27/h1-2,5-6,8H,3-4,7H2. The van der Waals surface area contributed by atoms with Crippen LogP contribution in [0, 0.1) is 0 Å². The number of carbonyl (C=O) groups is 2. The maximum Gasteiger partial charge on any atom is 0.435 e. The molecule has 0 atom stereocenters. The molecule has 27 heavy (non-hydrogen) atoms. The van der Waals surface area contributed by atoms with Gasteiger partial charge in [0.15, 0.2) is 0 Å². The van der Waals surface area contributed by atoms with E-state index in [2.05, 4.69) is 0 Å². The maximum atomic E-state index is 13.6. The van der Waals surface area contributed by atoms with Gasteiger partial charge in [0.25, 0.3) is 11.8 Å². The van der Waals surface area contributed by atoms with E-state index in [0.29, 0.717) is 0 Å². The highest BCUT2D eigenvalue weighted by atomic mass is 127. The predicted octanol–water partition coefficient (Wildman–Crippen LogP) is 5.21. The van der Waals surface area contributed by atoms with E-state index in [1.165, 1.54) is 34.7 Å². The first-order valence-electron chi connectivity index (χ1n) is 7.44. The zero-order chi connectivity index (χ0) is 20.6. The highest BCUT2D eigenvalue weighted by Crippen LogP contribution is 2.48. The van der Waals surface area contributed by atoms with Gasteiger partial charge in [-0.15, -0.1) is 0 Å². The fourth-order valence-corrected chi connectivity index (χ4v) is 3.27. The van der Waals surface area contributed by atoms with Crippen molar-refractivity contribution < 1.29 is 40.3 Å². The fourth-order valence-electron chi connectivity index (χ4n) is 2.46. The summed E-state index contributed by atoms with van der Waals surface area (Å²) in [5, 5.41) is 0.